The molecule has 14 nitrogen and oxygen atoms in total. The van der Waals surface area contributed by atoms with Gasteiger partial charge < -0.3 is 35.1 Å². The van der Waals surface area contributed by atoms with Crippen molar-refractivity contribution in [2.75, 3.05) is 12.3 Å². The molecular formula is C19H26N4O10P2S. The van der Waals surface area contributed by atoms with Gasteiger partial charge in [-0.25, -0.2) is 19.1 Å². The number of phosphoric ester groups is 1. The Bertz CT molecular complexity index is 1160. The van der Waals surface area contributed by atoms with Crippen molar-refractivity contribution in [1.29, 1.82) is 0 Å². The molecule has 198 valence electrons. The highest BCUT2D eigenvalue weighted by molar-refractivity contribution is 8.17. The van der Waals surface area contributed by atoms with E-state index in [2.05, 4.69) is 14.5 Å². The summed E-state index contributed by atoms with van der Waals surface area (Å²) in [5, 5.41) is -0.282. The fourth-order valence-corrected chi connectivity index (χ4v) is 3.78. The van der Waals surface area contributed by atoms with Crippen LogP contribution in [0.2, 0.25) is 0 Å². The van der Waals surface area contributed by atoms with Crippen molar-refractivity contribution in [3.8, 4) is 0 Å². The number of benzene rings is 1. The molecule has 0 saturated heterocycles. The molecular weight excluding hydrogens is 538 g/mol. The van der Waals surface area contributed by atoms with Crippen molar-refractivity contribution in [1.82, 2.24) is 14.9 Å². The second kappa shape index (κ2) is 14.3. The number of hydrogen-bond donors (Lipinski definition) is 6. The largest absolute Gasteiger partial charge is 0.469 e. The number of hydrogen-bond acceptors (Lipinski definition) is 9. The quantitative estimate of drug-likeness (QED) is 0.178. The van der Waals surface area contributed by atoms with Crippen molar-refractivity contribution in [3.63, 3.8) is 0 Å². The number of rotatable bonds is 10. The van der Waals surface area contributed by atoms with Gasteiger partial charge in [-0.05, 0) is 25.6 Å². The van der Waals surface area contributed by atoms with Gasteiger partial charge in [0.25, 0.3) is 0 Å². The second-order valence-electron chi connectivity index (χ2n) is 6.91. The van der Waals surface area contributed by atoms with Crippen molar-refractivity contribution in [3.05, 3.63) is 64.1 Å². The summed E-state index contributed by atoms with van der Waals surface area (Å²) in [5.74, 6) is 0.719. The number of carbonyl (C=O) groups is 2. The Balaban J connectivity index is 0.00000118. The number of anilines is 1. The predicted octanol–water partition coefficient (Wildman–Crippen LogP) is 1.70. The molecule has 2 rings (SSSR count). The molecule has 1 aromatic heterocycles. The third kappa shape index (κ3) is 13.0. The number of nitrogens with zero attached hydrogens (tertiary/aromatic N) is 3. The monoisotopic (exact) mass is 564 g/mol. The summed E-state index contributed by atoms with van der Waals surface area (Å²) in [7, 11) is -9.31. The molecule has 0 fully saturated rings. The summed E-state index contributed by atoms with van der Waals surface area (Å²) < 4.78 is 24.4. The third-order valence-electron chi connectivity index (χ3n) is 4.13. The van der Waals surface area contributed by atoms with E-state index in [1.54, 1.807) is 44.2 Å². The zero-order valence-corrected chi connectivity index (χ0v) is 21.8. The lowest BCUT2D eigenvalue weighted by Crippen LogP contribution is -2.22. The number of aromatic nitrogens is 2. The Labute approximate surface area is 210 Å². The second-order valence-corrected chi connectivity index (χ2v) is 10.2. The maximum absolute atomic E-state index is 12.7. The molecule has 0 aliphatic carbocycles. The molecule has 0 saturated carbocycles. The minimum Gasteiger partial charge on any atom is -0.383 e. The molecule has 7 N–H and O–H groups in total. The zero-order valence-electron chi connectivity index (χ0n) is 19.2. The standard InChI is InChI=1S/C19H23N4O6PS.H3O4P/c1-13(23(12-24)11-16-10-21-14(2)22-18(16)20)17(8-9-29-30(26,27)28)31-19(25)15-6-4-3-5-7-15;1-5(2,3)4/h3-7,10,12H,8-9,11H2,1-2H3,(H2,20,21,22)(H2,26,27,28);(H3,1,2,3,4). The summed E-state index contributed by atoms with van der Waals surface area (Å²) >= 11 is 0.862. The van der Waals surface area contributed by atoms with Crippen LogP contribution in [-0.2, 0) is 25.0 Å². The van der Waals surface area contributed by atoms with Gasteiger partial charge in [-0.15, -0.1) is 0 Å². The van der Waals surface area contributed by atoms with Crippen molar-refractivity contribution in [2.45, 2.75) is 26.8 Å². The van der Waals surface area contributed by atoms with E-state index in [-0.39, 0.29) is 30.5 Å². The predicted molar refractivity (Wildman–Crippen MR) is 131 cm³/mol. The van der Waals surface area contributed by atoms with E-state index in [4.69, 9.17) is 34.8 Å². The van der Waals surface area contributed by atoms with Crippen LogP contribution < -0.4 is 5.73 Å². The summed E-state index contributed by atoms with van der Waals surface area (Å²) in [6.07, 6.45) is 2.09. The van der Waals surface area contributed by atoms with Gasteiger partial charge in [0, 0.05) is 34.3 Å². The molecule has 1 amide bonds. The Kier molecular flexibility index (Phi) is 12.6. The molecule has 0 spiro atoms. The highest BCUT2D eigenvalue weighted by Crippen LogP contribution is 2.37. The van der Waals surface area contributed by atoms with Crippen molar-refractivity contribution >= 4 is 44.8 Å². The van der Waals surface area contributed by atoms with E-state index in [0.29, 0.717) is 34.0 Å². The van der Waals surface area contributed by atoms with E-state index < -0.39 is 15.6 Å². The Hall–Kier alpha value is -2.45. The molecule has 1 heterocycles. The number of carbonyl (C=O) groups excluding carboxylic acids is 2. The van der Waals surface area contributed by atoms with Crippen LogP contribution >= 0.6 is 27.4 Å². The van der Waals surface area contributed by atoms with Gasteiger partial charge >= 0.3 is 15.6 Å². The normalized spacial score (nSPS) is 12.2. The molecule has 2 aromatic rings. The van der Waals surface area contributed by atoms with Gasteiger partial charge in [-0.1, -0.05) is 30.3 Å². The fourth-order valence-electron chi connectivity index (χ4n) is 2.52. The Morgan fingerprint density at radius 1 is 1.17 bits per heavy atom. The van der Waals surface area contributed by atoms with Crippen LogP contribution in [0.25, 0.3) is 0 Å². The molecule has 0 radical (unpaired) electrons. The Morgan fingerprint density at radius 3 is 2.25 bits per heavy atom. The first kappa shape index (κ1) is 31.6. The number of aryl methyl sites for hydroxylation is 1. The number of amides is 1. The lowest BCUT2D eigenvalue weighted by molar-refractivity contribution is -0.116. The van der Waals surface area contributed by atoms with E-state index >= 15 is 0 Å². The van der Waals surface area contributed by atoms with Gasteiger partial charge in [0.2, 0.25) is 11.5 Å². The van der Waals surface area contributed by atoms with Crippen LogP contribution in [0.3, 0.4) is 0 Å². The summed E-state index contributed by atoms with van der Waals surface area (Å²) in [4.78, 5) is 73.8. The summed E-state index contributed by atoms with van der Waals surface area (Å²) in [5.41, 5.74) is 7.29. The van der Waals surface area contributed by atoms with Crippen LogP contribution in [0.4, 0.5) is 5.82 Å². The first-order valence-corrected chi connectivity index (χ1v) is 13.8. The molecule has 36 heavy (non-hydrogen) atoms. The minimum atomic E-state index is -4.67. The number of phosphoric acid groups is 2. The third-order valence-corrected chi connectivity index (χ3v) is 5.82. The van der Waals surface area contributed by atoms with Gasteiger partial charge in [0.15, 0.2) is 0 Å². The van der Waals surface area contributed by atoms with E-state index in [1.165, 1.54) is 11.1 Å². The highest BCUT2D eigenvalue weighted by atomic mass is 32.2. The molecule has 0 bridgehead atoms. The van der Waals surface area contributed by atoms with Gasteiger partial charge in [0.1, 0.15) is 11.6 Å². The molecule has 0 atom stereocenters. The molecule has 17 heteroatoms. The summed E-state index contributed by atoms with van der Waals surface area (Å²) in [6, 6.07) is 8.52. The van der Waals surface area contributed by atoms with Gasteiger partial charge in [0.05, 0.1) is 13.2 Å². The molecule has 1 aromatic carbocycles. The molecule has 0 unspecified atom stereocenters. The molecule has 0 aliphatic rings. The first-order chi connectivity index (χ1) is 16.6. The molecule has 0 aliphatic heterocycles. The maximum atomic E-state index is 12.7. The van der Waals surface area contributed by atoms with Crippen LogP contribution in [0.15, 0.2) is 47.1 Å². The van der Waals surface area contributed by atoms with E-state index in [9.17, 15) is 14.2 Å². The van der Waals surface area contributed by atoms with Gasteiger partial charge in [-0.3, -0.25) is 14.1 Å². The van der Waals surface area contributed by atoms with Crippen LogP contribution in [0, 0.1) is 6.92 Å². The number of nitrogen functional groups attached to an aromatic ring is 1. The average molecular weight is 564 g/mol. The van der Waals surface area contributed by atoms with E-state index in [1.807, 2.05) is 0 Å². The van der Waals surface area contributed by atoms with Crippen LogP contribution in [-0.4, -0.2) is 57.5 Å². The van der Waals surface area contributed by atoms with Crippen LogP contribution in [0.1, 0.15) is 35.1 Å². The van der Waals surface area contributed by atoms with Gasteiger partial charge in [-0.2, -0.15) is 0 Å². The number of allylic oxidation sites excluding steroid dienone is 1. The smallest absolute Gasteiger partial charge is 0.383 e. The number of nitrogens with two attached hydrogens (primary N) is 1. The van der Waals surface area contributed by atoms with E-state index in [0.717, 1.165) is 11.8 Å². The first-order valence-electron chi connectivity index (χ1n) is 9.86. The lowest BCUT2D eigenvalue weighted by atomic mass is 10.2. The summed E-state index contributed by atoms with van der Waals surface area (Å²) in [6.45, 7) is 3.03. The number of thioether (sulfide) groups is 1. The average Bonchev–Trinajstić information content (AvgIpc) is 2.76. The Morgan fingerprint density at radius 2 is 1.75 bits per heavy atom. The lowest BCUT2D eigenvalue weighted by Gasteiger charge is -2.22. The minimum absolute atomic E-state index is 0.00437. The SMILES string of the molecule is CC(=C(CCOP(=O)(O)O)SC(=O)c1ccccc1)N(C=O)Cc1cnc(C)nc1N.O=P(O)(O)O. The van der Waals surface area contributed by atoms with Crippen molar-refractivity contribution < 1.29 is 47.7 Å². The maximum Gasteiger partial charge on any atom is 0.469 e. The highest BCUT2D eigenvalue weighted by Gasteiger charge is 2.20. The van der Waals surface area contributed by atoms with Crippen molar-refractivity contribution in [2.24, 2.45) is 0 Å². The zero-order chi connectivity index (χ0) is 27.5. The van der Waals surface area contributed by atoms with Crippen LogP contribution in [0.5, 0.6) is 0 Å². The topological polar surface area (TPSA) is 234 Å². The fraction of sp³-hybridized carbons (Fsp3) is 0.263.